The molecule has 122 valence electrons. The van der Waals surface area contributed by atoms with E-state index in [2.05, 4.69) is 35.1 Å². The predicted octanol–water partition coefficient (Wildman–Crippen LogP) is 3.89. The number of urea groups is 1. The number of rotatable bonds is 4. The van der Waals surface area contributed by atoms with Gasteiger partial charge in [-0.3, -0.25) is 0 Å². The molecule has 1 aliphatic heterocycles. The van der Waals surface area contributed by atoms with Gasteiger partial charge in [0.2, 0.25) is 0 Å². The third-order valence-corrected chi connectivity index (χ3v) is 4.34. The third kappa shape index (κ3) is 3.04. The van der Waals surface area contributed by atoms with Crippen molar-refractivity contribution < 1.29 is 9.53 Å². The lowest BCUT2D eigenvalue weighted by molar-refractivity contribution is 0.163. The fourth-order valence-corrected chi connectivity index (χ4v) is 3.22. The number of carbonyl (C=O) groups is 1. The van der Waals surface area contributed by atoms with Crippen molar-refractivity contribution >= 4 is 11.7 Å². The maximum atomic E-state index is 12.8. The fraction of sp³-hybridized carbons (Fsp3) is 0.389. The van der Waals surface area contributed by atoms with E-state index in [1.165, 1.54) is 5.69 Å². The Morgan fingerprint density at radius 2 is 2.09 bits per heavy atom. The molecule has 1 aliphatic rings. The number of carbonyl (C=O) groups excluding carboxylic acids is 1. The SMILES string of the molecule is CCC[C@H]1c2cccn2CCN1C(=O)Nc1ccccc1OC. The molecule has 0 aliphatic carbocycles. The lowest BCUT2D eigenvalue weighted by Gasteiger charge is -2.37. The minimum absolute atomic E-state index is 0.0691. The van der Waals surface area contributed by atoms with E-state index >= 15 is 0 Å². The molecule has 3 rings (SSSR count). The molecule has 23 heavy (non-hydrogen) atoms. The van der Waals surface area contributed by atoms with Crippen molar-refractivity contribution in [3.8, 4) is 5.75 Å². The number of methoxy groups -OCH3 is 1. The molecule has 1 N–H and O–H groups in total. The van der Waals surface area contributed by atoms with E-state index in [0.29, 0.717) is 18.0 Å². The zero-order valence-electron chi connectivity index (χ0n) is 13.7. The Balaban J connectivity index is 1.81. The Morgan fingerprint density at radius 1 is 1.26 bits per heavy atom. The molecule has 0 saturated heterocycles. The van der Waals surface area contributed by atoms with E-state index in [9.17, 15) is 4.79 Å². The Morgan fingerprint density at radius 3 is 2.87 bits per heavy atom. The van der Waals surface area contributed by atoms with Crippen molar-refractivity contribution in [3.63, 3.8) is 0 Å². The maximum absolute atomic E-state index is 12.8. The fourth-order valence-electron chi connectivity index (χ4n) is 3.22. The summed E-state index contributed by atoms with van der Waals surface area (Å²) in [4.78, 5) is 14.7. The van der Waals surface area contributed by atoms with Gasteiger partial charge in [-0.15, -0.1) is 0 Å². The van der Waals surface area contributed by atoms with Gasteiger partial charge in [0.15, 0.2) is 0 Å². The zero-order chi connectivity index (χ0) is 16.2. The van der Waals surface area contributed by atoms with Gasteiger partial charge in [-0.2, -0.15) is 0 Å². The molecule has 5 heteroatoms. The average Bonchev–Trinajstić information content (AvgIpc) is 3.05. The number of para-hydroxylation sites is 2. The average molecular weight is 313 g/mol. The molecule has 2 aromatic rings. The lowest BCUT2D eigenvalue weighted by Crippen LogP contribution is -2.44. The summed E-state index contributed by atoms with van der Waals surface area (Å²) in [6.07, 6.45) is 4.09. The van der Waals surface area contributed by atoms with Crippen molar-refractivity contribution in [1.29, 1.82) is 0 Å². The summed E-state index contributed by atoms with van der Waals surface area (Å²) in [6, 6.07) is 11.7. The molecule has 1 atom stereocenters. The van der Waals surface area contributed by atoms with E-state index in [0.717, 1.165) is 19.4 Å². The molecule has 0 fully saturated rings. The van der Waals surface area contributed by atoms with E-state index < -0.39 is 0 Å². The summed E-state index contributed by atoms with van der Waals surface area (Å²) in [6.45, 7) is 3.70. The second kappa shape index (κ2) is 6.77. The number of nitrogens with zero attached hydrogens (tertiary/aromatic N) is 2. The summed E-state index contributed by atoms with van der Waals surface area (Å²) in [7, 11) is 1.61. The van der Waals surface area contributed by atoms with Crippen LogP contribution in [-0.4, -0.2) is 29.2 Å². The van der Waals surface area contributed by atoms with Gasteiger partial charge in [0, 0.05) is 25.0 Å². The molecular weight excluding hydrogens is 290 g/mol. The molecule has 1 aromatic heterocycles. The van der Waals surface area contributed by atoms with Gasteiger partial charge in [-0.1, -0.05) is 25.5 Å². The van der Waals surface area contributed by atoms with Crippen LogP contribution in [0.5, 0.6) is 5.75 Å². The first-order chi connectivity index (χ1) is 11.2. The van der Waals surface area contributed by atoms with Gasteiger partial charge in [-0.05, 0) is 30.7 Å². The predicted molar refractivity (Wildman–Crippen MR) is 90.8 cm³/mol. The monoisotopic (exact) mass is 313 g/mol. The number of ether oxygens (including phenoxy) is 1. The molecule has 2 heterocycles. The van der Waals surface area contributed by atoms with Crippen LogP contribution in [0, 0.1) is 0 Å². The summed E-state index contributed by atoms with van der Waals surface area (Å²) >= 11 is 0. The quantitative estimate of drug-likeness (QED) is 0.931. The Bertz CT molecular complexity index is 680. The molecule has 5 nitrogen and oxygen atoms in total. The van der Waals surface area contributed by atoms with Crippen molar-refractivity contribution in [2.45, 2.75) is 32.4 Å². The molecule has 1 aromatic carbocycles. The van der Waals surface area contributed by atoms with Crippen LogP contribution < -0.4 is 10.1 Å². The van der Waals surface area contributed by atoms with Crippen LogP contribution in [0.25, 0.3) is 0 Å². The highest BCUT2D eigenvalue weighted by molar-refractivity contribution is 5.91. The van der Waals surface area contributed by atoms with Crippen LogP contribution in [-0.2, 0) is 6.54 Å². The Hall–Kier alpha value is -2.43. The molecule has 0 radical (unpaired) electrons. The number of hydrogen-bond acceptors (Lipinski definition) is 2. The number of fused-ring (bicyclic) bond motifs is 1. The number of hydrogen-bond donors (Lipinski definition) is 1. The normalized spacial score (nSPS) is 16.8. The Kier molecular flexibility index (Phi) is 4.55. The van der Waals surface area contributed by atoms with Gasteiger partial charge in [0.05, 0.1) is 18.8 Å². The van der Waals surface area contributed by atoms with Crippen LogP contribution in [0.1, 0.15) is 31.5 Å². The summed E-state index contributed by atoms with van der Waals surface area (Å²) in [5.41, 5.74) is 1.92. The minimum Gasteiger partial charge on any atom is -0.495 e. The van der Waals surface area contributed by atoms with Crippen molar-refractivity contribution in [2.24, 2.45) is 0 Å². The first-order valence-corrected chi connectivity index (χ1v) is 8.10. The maximum Gasteiger partial charge on any atom is 0.322 e. The number of aromatic nitrogens is 1. The van der Waals surface area contributed by atoms with Gasteiger partial charge >= 0.3 is 6.03 Å². The van der Waals surface area contributed by atoms with E-state index in [4.69, 9.17) is 4.74 Å². The van der Waals surface area contributed by atoms with E-state index in [1.54, 1.807) is 7.11 Å². The zero-order valence-corrected chi connectivity index (χ0v) is 13.7. The first kappa shape index (κ1) is 15.5. The largest absolute Gasteiger partial charge is 0.495 e. The number of benzene rings is 1. The van der Waals surface area contributed by atoms with Crippen LogP contribution in [0.2, 0.25) is 0 Å². The van der Waals surface area contributed by atoms with E-state index in [1.807, 2.05) is 29.2 Å². The van der Waals surface area contributed by atoms with Crippen LogP contribution in [0.3, 0.4) is 0 Å². The Labute approximate surface area is 136 Å². The van der Waals surface area contributed by atoms with Crippen molar-refractivity contribution in [2.75, 3.05) is 19.0 Å². The lowest BCUT2D eigenvalue weighted by atomic mass is 10.0. The molecular formula is C18H23N3O2. The summed E-state index contributed by atoms with van der Waals surface area (Å²) in [5.74, 6) is 0.674. The molecule has 0 unspecified atom stereocenters. The summed E-state index contributed by atoms with van der Waals surface area (Å²) in [5, 5.41) is 3.00. The van der Waals surface area contributed by atoms with Gasteiger partial charge < -0.3 is 19.5 Å². The van der Waals surface area contributed by atoms with Crippen molar-refractivity contribution in [3.05, 3.63) is 48.3 Å². The first-order valence-electron chi connectivity index (χ1n) is 8.10. The summed E-state index contributed by atoms with van der Waals surface area (Å²) < 4.78 is 7.56. The second-order valence-electron chi connectivity index (χ2n) is 5.75. The molecule has 0 saturated carbocycles. The third-order valence-electron chi connectivity index (χ3n) is 4.34. The highest BCUT2D eigenvalue weighted by atomic mass is 16.5. The van der Waals surface area contributed by atoms with Crippen molar-refractivity contribution in [1.82, 2.24) is 9.47 Å². The van der Waals surface area contributed by atoms with Crippen LogP contribution in [0.4, 0.5) is 10.5 Å². The topological polar surface area (TPSA) is 46.5 Å². The minimum atomic E-state index is -0.0691. The molecule has 0 spiro atoms. The number of anilines is 1. The number of nitrogens with one attached hydrogen (secondary N) is 1. The highest BCUT2D eigenvalue weighted by Gasteiger charge is 2.30. The number of amides is 2. The van der Waals surface area contributed by atoms with Crippen LogP contribution in [0.15, 0.2) is 42.6 Å². The molecule has 2 amide bonds. The van der Waals surface area contributed by atoms with Crippen LogP contribution >= 0.6 is 0 Å². The van der Waals surface area contributed by atoms with Gasteiger partial charge in [-0.25, -0.2) is 4.79 Å². The second-order valence-corrected chi connectivity index (χ2v) is 5.75. The standard InChI is InChI=1S/C18H23N3O2/c1-3-7-16-15-9-6-11-20(15)12-13-21(16)18(22)19-14-8-4-5-10-17(14)23-2/h4-6,8-11,16H,3,7,12-13H2,1-2H3,(H,19,22)/t16-/m0/s1. The van der Waals surface area contributed by atoms with Gasteiger partial charge in [0.1, 0.15) is 5.75 Å². The molecule has 0 bridgehead atoms. The van der Waals surface area contributed by atoms with E-state index in [-0.39, 0.29) is 12.1 Å². The highest BCUT2D eigenvalue weighted by Crippen LogP contribution is 2.31. The smallest absolute Gasteiger partial charge is 0.322 e. The van der Waals surface area contributed by atoms with Gasteiger partial charge in [0.25, 0.3) is 0 Å².